The lowest BCUT2D eigenvalue weighted by atomic mass is 10.1. The van der Waals surface area contributed by atoms with E-state index in [1.807, 2.05) is 6.07 Å². The van der Waals surface area contributed by atoms with Crippen molar-refractivity contribution in [2.24, 2.45) is 5.92 Å². The topological polar surface area (TPSA) is 30.5 Å². The Balaban J connectivity index is 2.66. The largest absolute Gasteiger partial charge is 0.496 e. The van der Waals surface area contributed by atoms with Gasteiger partial charge in [-0.1, -0.05) is 26.8 Å². The summed E-state index contributed by atoms with van der Waals surface area (Å²) in [7, 11) is 1.70. The van der Waals surface area contributed by atoms with Crippen LogP contribution in [-0.2, 0) is 17.9 Å². The van der Waals surface area contributed by atoms with Crippen LogP contribution in [0.15, 0.2) is 18.2 Å². The van der Waals surface area contributed by atoms with E-state index < -0.39 is 0 Å². The predicted octanol–water partition coefficient (Wildman–Crippen LogP) is 2.98. The van der Waals surface area contributed by atoms with Gasteiger partial charge in [0.2, 0.25) is 0 Å². The van der Waals surface area contributed by atoms with Crippen LogP contribution < -0.4 is 10.1 Å². The molecule has 3 nitrogen and oxygen atoms in total. The minimum absolute atomic E-state index is 0.556. The van der Waals surface area contributed by atoms with Gasteiger partial charge in [0.1, 0.15) is 5.75 Å². The molecule has 0 unspecified atom stereocenters. The molecule has 0 radical (unpaired) electrons. The number of rotatable bonds is 8. The Bertz CT molecular complexity index is 350. The zero-order valence-electron chi connectivity index (χ0n) is 12.0. The molecule has 0 saturated heterocycles. The van der Waals surface area contributed by atoms with Gasteiger partial charge in [0.05, 0.1) is 13.7 Å². The second kappa shape index (κ2) is 8.11. The minimum atomic E-state index is 0.556. The zero-order chi connectivity index (χ0) is 13.4. The van der Waals surface area contributed by atoms with E-state index in [0.29, 0.717) is 12.5 Å². The monoisotopic (exact) mass is 251 g/mol. The second-order valence-corrected chi connectivity index (χ2v) is 4.84. The van der Waals surface area contributed by atoms with Crippen molar-refractivity contribution in [1.29, 1.82) is 0 Å². The zero-order valence-corrected chi connectivity index (χ0v) is 12.0. The van der Waals surface area contributed by atoms with Gasteiger partial charge in [-0.2, -0.15) is 0 Å². The quantitative estimate of drug-likeness (QED) is 0.770. The van der Waals surface area contributed by atoms with Crippen LogP contribution in [0.4, 0.5) is 0 Å². The van der Waals surface area contributed by atoms with Crippen molar-refractivity contribution in [2.45, 2.75) is 33.9 Å². The molecule has 0 aliphatic rings. The molecule has 0 aromatic heterocycles. The second-order valence-electron chi connectivity index (χ2n) is 4.84. The number of methoxy groups -OCH3 is 1. The normalized spacial score (nSPS) is 10.9. The van der Waals surface area contributed by atoms with Crippen molar-refractivity contribution in [3.8, 4) is 5.75 Å². The van der Waals surface area contributed by atoms with E-state index in [1.54, 1.807) is 7.11 Å². The average molecular weight is 251 g/mol. The molecule has 0 aliphatic carbocycles. The van der Waals surface area contributed by atoms with E-state index in [4.69, 9.17) is 9.47 Å². The maximum atomic E-state index is 5.68. The van der Waals surface area contributed by atoms with Gasteiger partial charge < -0.3 is 14.8 Å². The molecule has 1 rings (SSSR count). The van der Waals surface area contributed by atoms with Crippen LogP contribution in [0.2, 0.25) is 0 Å². The third-order valence-electron chi connectivity index (χ3n) is 2.63. The van der Waals surface area contributed by atoms with E-state index in [-0.39, 0.29) is 0 Å². The van der Waals surface area contributed by atoms with Crippen molar-refractivity contribution in [1.82, 2.24) is 5.32 Å². The molecule has 1 N–H and O–H groups in total. The molecule has 0 aliphatic heterocycles. The van der Waals surface area contributed by atoms with E-state index in [1.165, 1.54) is 5.56 Å². The first kappa shape index (κ1) is 15.0. The SMILES string of the molecule is CCNCc1ccc(OC)c(COCC(C)C)c1. The van der Waals surface area contributed by atoms with Crippen LogP contribution in [-0.4, -0.2) is 20.3 Å². The van der Waals surface area contributed by atoms with E-state index in [9.17, 15) is 0 Å². The van der Waals surface area contributed by atoms with Crippen LogP contribution in [0.3, 0.4) is 0 Å². The lowest BCUT2D eigenvalue weighted by molar-refractivity contribution is 0.0955. The smallest absolute Gasteiger partial charge is 0.124 e. The van der Waals surface area contributed by atoms with Crippen molar-refractivity contribution in [3.63, 3.8) is 0 Å². The Morgan fingerprint density at radius 3 is 2.67 bits per heavy atom. The molecule has 0 spiro atoms. The lowest BCUT2D eigenvalue weighted by Crippen LogP contribution is -2.12. The molecule has 0 atom stereocenters. The lowest BCUT2D eigenvalue weighted by Gasteiger charge is -2.12. The van der Waals surface area contributed by atoms with Crippen LogP contribution in [0.25, 0.3) is 0 Å². The standard InChI is InChI=1S/C15H25NO2/c1-5-16-9-13-6-7-15(17-4)14(8-13)11-18-10-12(2)3/h6-8,12,16H,5,9-11H2,1-4H3. The van der Waals surface area contributed by atoms with Gasteiger partial charge in [-0.3, -0.25) is 0 Å². The molecule has 102 valence electrons. The van der Waals surface area contributed by atoms with Gasteiger partial charge >= 0.3 is 0 Å². The summed E-state index contributed by atoms with van der Waals surface area (Å²) in [6.07, 6.45) is 0. The molecule has 3 heteroatoms. The Hall–Kier alpha value is -1.06. The molecular formula is C15H25NO2. The fraction of sp³-hybridized carbons (Fsp3) is 0.600. The summed E-state index contributed by atoms with van der Waals surface area (Å²) >= 11 is 0. The van der Waals surface area contributed by atoms with Crippen LogP contribution in [0, 0.1) is 5.92 Å². The third kappa shape index (κ3) is 5.07. The van der Waals surface area contributed by atoms with Crippen LogP contribution in [0.1, 0.15) is 31.9 Å². The van der Waals surface area contributed by atoms with Gasteiger partial charge in [0, 0.05) is 18.7 Å². The van der Waals surface area contributed by atoms with Crippen molar-refractivity contribution in [2.75, 3.05) is 20.3 Å². The Labute approximate surface area is 110 Å². The van der Waals surface area contributed by atoms with Crippen LogP contribution >= 0.6 is 0 Å². The molecule has 18 heavy (non-hydrogen) atoms. The highest BCUT2D eigenvalue weighted by molar-refractivity contribution is 5.36. The molecule has 0 fully saturated rings. The van der Waals surface area contributed by atoms with Gasteiger partial charge in [-0.15, -0.1) is 0 Å². The van der Waals surface area contributed by atoms with Gasteiger partial charge in [-0.05, 0) is 30.2 Å². The first-order chi connectivity index (χ1) is 8.67. The summed E-state index contributed by atoms with van der Waals surface area (Å²) in [5.41, 5.74) is 2.38. The highest BCUT2D eigenvalue weighted by Crippen LogP contribution is 2.21. The van der Waals surface area contributed by atoms with Gasteiger partial charge in [-0.25, -0.2) is 0 Å². The Morgan fingerprint density at radius 1 is 1.28 bits per heavy atom. The highest BCUT2D eigenvalue weighted by Gasteiger charge is 2.05. The summed E-state index contributed by atoms with van der Waals surface area (Å²) in [4.78, 5) is 0. The predicted molar refractivity (Wildman–Crippen MR) is 74.9 cm³/mol. The summed E-state index contributed by atoms with van der Waals surface area (Å²) in [5, 5.41) is 3.32. The molecule has 0 heterocycles. The fourth-order valence-corrected chi connectivity index (χ4v) is 1.73. The average Bonchev–Trinajstić information content (AvgIpc) is 2.36. The van der Waals surface area contributed by atoms with E-state index >= 15 is 0 Å². The Morgan fingerprint density at radius 2 is 2.06 bits per heavy atom. The maximum absolute atomic E-state index is 5.68. The van der Waals surface area contributed by atoms with E-state index in [0.717, 1.165) is 31.0 Å². The van der Waals surface area contributed by atoms with Gasteiger partial charge in [0.25, 0.3) is 0 Å². The van der Waals surface area contributed by atoms with Gasteiger partial charge in [0.15, 0.2) is 0 Å². The number of ether oxygens (including phenoxy) is 2. The van der Waals surface area contributed by atoms with Crippen molar-refractivity contribution in [3.05, 3.63) is 29.3 Å². The molecule has 0 saturated carbocycles. The summed E-state index contributed by atoms with van der Waals surface area (Å²) in [5.74, 6) is 1.46. The van der Waals surface area contributed by atoms with Crippen molar-refractivity contribution >= 4 is 0 Å². The number of nitrogens with one attached hydrogen (secondary N) is 1. The summed E-state index contributed by atoms with van der Waals surface area (Å²) < 4.78 is 11.0. The maximum Gasteiger partial charge on any atom is 0.124 e. The number of hydrogen-bond donors (Lipinski definition) is 1. The van der Waals surface area contributed by atoms with Crippen LogP contribution in [0.5, 0.6) is 5.75 Å². The third-order valence-corrected chi connectivity index (χ3v) is 2.63. The van der Waals surface area contributed by atoms with E-state index in [2.05, 4.69) is 38.2 Å². The Kier molecular flexibility index (Phi) is 6.76. The first-order valence-corrected chi connectivity index (χ1v) is 6.61. The first-order valence-electron chi connectivity index (χ1n) is 6.61. The number of hydrogen-bond acceptors (Lipinski definition) is 3. The molecule has 1 aromatic rings. The molecule has 0 bridgehead atoms. The highest BCUT2D eigenvalue weighted by atomic mass is 16.5. The summed E-state index contributed by atoms with van der Waals surface area (Å²) in [6.45, 7) is 9.67. The minimum Gasteiger partial charge on any atom is -0.496 e. The fourth-order valence-electron chi connectivity index (χ4n) is 1.73. The molecule has 1 aromatic carbocycles. The van der Waals surface area contributed by atoms with Crippen molar-refractivity contribution < 1.29 is 9.47 Å². The summed E-state index contributed by atoms with van der Waals surface area (Å²) in [6, 6.07) is 6.26. The molecular weight excluding hydrogens is 226 g/mol. The molecule has 0 amide bonds. The number of benzene rings is 1.